The quantitative estimate of drug-likeness (QED) is 0.667. The minimum atomic E-state index is -0.168. The number of hydrogen-bond donors (Lipinski definition) is 0. The molecule has 0 N–H and O–H groups in total. The van der Waals surface area contributed by atoms with E-state index in [9.17, 15) is 0 Å². The number of pyridine rings is 1. The van der Waals surface area contributed by atoms with Crippen molar-refractivity contribution in [3.05, 3.63) is 23.1 Å². The predicted octanol–water partition coefficient (Wildman–Crippen LogP) is 3.88. The van der Waals surface area contributed by atoms with Gasteiger partial charge in [-0.3, -0.25) is 0 Å². The Bertz CT molecular complexity index is 1040. The smallest absolute Gasteiger partial charge is 0.150 e. The van der Waals surface area contributed by atoms with Gasteiger partial charge in [-0.15, -0.1) is 11.3 Å². The Hall–Kier alpha value is -1.83. The largest absolute Gasteiger partial charge is 0.378 e. The molecule has 28 heavy (non-hydrogen) atoms. The van der Waals surface area contributed by atoms with E-state index in [1.54, 1.807) is 17.7 Å². The van der Waals surface area contributed by atoms with Crippen LogP contribution in [0.1, 0.15) is 44.0 Å². The first-order valence-electron chi connectivity index (χ1n) is 10.1. The van der Waals surface area contributed by atoms with Crippen molar-refractivity contribution in [2.75, 3.05) is 31.2 Å². The van der Waals surface area contributed by atoms with E-state index in [0.29, 0.717) is 6.61 Å². The molecule has 5 rings (SSSR count). The molecular formula is C21H26N4O2S. The monoisotopic (exact) mass is 398 g/mol. The molecule has 1 saturated heterocycles. The van der Waals surface area contributed by atoms with Crippen LogP contribution in [-0.4, -0.2) is 46.9 Å². The van der Waals surface area contributed by atoms with Crippen molar-refractivity contribution in [3.8, 4) is 0 Å². The van der Waals surface area contributed by atoms with E-state index in [4.69, 9.17) is 19.4 Å². The molecule has 2 aliphatic rings. The highest BCUT2D eigenvalue weighted by Crippen LogP contribution is 2.42. The van der Waals surface area contributed by atoms with Crippen molar-refractivity contribution in [1.29, 1.82) is 0 Å². The van der Waals surface area contributed by atoms with Crippen LogP contribution in [0.3, 0.4) is 0 Å². The second kappa shape index (κ2) is 6.90. The van der Waals surface area contributed by atoms with Crippen LogP contribution in [0, 0.1) is 0 Å². The molecule has 148 valence electrons. The van der Waals surface area contributed by atoms with Gasteiger partial charge in [-0.2, -0.15) is 0 Å². The molecule has 0 spiro atoms. The fraction of sp³-hybridized carbons (Fsp3) is 0.571. The number of ether oxygens (including phenoxy) is 2. The summed E-state index contributed by atoms with van der Waals surface area (Å²) in [5.41, 5.74) is 4.72. The first-order valence-corrected chi connectivity index (χ1v) is 10.9. The summed E-state index contributed by atoms with van der Waals surface area (Å²) in [7, 11) is 0. The third-order valence-corrected chi connectivity index (χ3v) is 6.76. The van der Waals surface area contributed by atoms with E-state index >= 15 is 0 Å². The van der Waals surface area contributed by atoms with Gasteiger partial charge < -0.3 is 14.4 Å². The lowest BCUT2D eigenvalue weighted by Gasteiger charge is -2.33. The molecule has 0 radical (unpaired) electrons. The highest BCUT2D eigenvalue weighted by Gasteiger charge is 2.32. The number of fused-ring (bicyclic) bond motifs is 5. The van der Waals surface area contributed by atoms with Crippen LogP contribution in [0.4, 0.5) is 5.82 Å². The van der Waals surface area contributed by atoms with E-state index in [1.807, 2.05) is 0 Å². The van der Waals surface area contributed by atoms with Crippen LogP contribution in [0.25, 0.3) is 20.4 Å². The van der Waals surface area contributed by atoms with Crippen molar-refractivity contribution in [2.24, 2.45) is 0 Å². The first kappa shape index (κ1) is 18.2. The summed E-state index contributed by atoms with van der Waals surface area (Å²) >= 11 is 1.74. The van der Waals surface area contributed by atoms with Gasteiger partial charge in [-0.1, -0.05) is 13.3 Å². The summed E-state index contributed by atoms with van der Waals surface area (Å²) in [6.45, 7) is 10.4. The number of aryl methyl sites for hydroxylation is 1. The van der Waals surface area contributed by atoms with Crippen LogP contribution < -0.4 is 4.90 Å². The molecule has 5 heterocycles. The Morgan fingerprint density at radius 2 is 2.00 bits per heavy atom. The molecule has 6 nitrogen and oxygen atoms in total. The third kappa shape index (κ3) is 2.96. The number of nitrogens with zero attached hydrogens (tertiary/aromatic N) is 4. The van der Waals surface area contributed by atoms with Crippen LogP contribution in [0.2, 0.25) is 0 Å². The molecule has 0 amide bonds. The number of morpholine rings is 1. The van der Waals surface area contributed by atoms with Gasteiger partial charge in [0.25, 0.3) is 0 Å². The van der Waals surface area contributed by atoms with E-state index < -0.39 is 0 Å². The molecule has 0 saturated carbocycles. The summed E-state index contributed by atoms with van der Waals surface area (Å²) < 4.78 is 12.8. The fourth-order valence-corrected chi connectivity index (χ4v) is 5.50. The zero-order valence-corrected chi connectivity index (χ0v) is 17.6. The van der Waals surface area contributed by atoms with Gasteiger partial charge in [0.1, 0.15) is 17.0 Å². The summed E-state index contributed by atoms with van der Waals surface area (Å²) in [5, 5.41) is 1.21. The zero-order valence-electron chi connectivity index (χ0n) is 16.7. The second-order valence-electron chi connectivity index (χ2n) is 8.25. The number of hydrogen-bond acceptors (Lipinski definition) is 7. The Morgan fingerprint density at radius 1 is 1.18 bits per heavy atom. The molecule has 0 atom stereocenters. The van der Waals surface area contributed by atoms with Gasteiger partial charge in [0.2, 0.25) is 0 Å². The van der Waals surface area contributed by atoms with E-state index in [0.717, 1.165) is 66.4 Å². The molecule has 3 aromatic rings. The first-order chi connectivity index (χ1) is 13.6. The lowest BCUT2D eigenvalue weighted by atomic mass is 9.88. The maximum absolute atomic E-state index is 6.14. The summed E-state index contributed by atoms with van der Waals surface area (Å²) in [5.74, 6) is 1.02. The zero-order chi connectivity index (χ0) is 19.3. The van der Waals surface area contributed by atoms with Crippen molar-refractivity contribution in [1.82, 2.24) is 15.0 Å². The Labute approximate surface area is 168 Å². The van der Waals surface area contributed by atoms with Gasteiger partial charge in [0, 0.05) is 36.2 Å². The lowest BCUT2D eigenvalue weighted by Crippen LogP contribution is -2.36. The average Bonchev–Trinajstić information content (AvgIpc) is 3.06. The van der Waals surface area contributed by atoms with E-state index in [1.165, 1.54) is 22.2 Å². The van der Waals surface area contributed by atoms with E-state index in [-0.39, 0.29) is 5.60 Å². The Balaban J connectivity index is 1.77. The molecule has 7 heteroatoms. The van der Waals surface area contributed by atoms with Crippen LogP contribution in [0.5, 0.6) is 0 Å². The second-order valence-corrected chi connectivity index (χ2v) is 9.25. The molecule has 0 bridgehead atoms. The topological polar surface area (TPSA) is 60.4 Å². The molecule has 0 aliphatic carbocycles. The number of aromatic nitrogens is 3. The molecular weight excluding hydrogens is 372 g/mol. The van der Waals surface area contributed by atoms with E-state index in [2.05, 4.69) is 30.7 Å². The summed E-state index contributed by atoms with van der Waals surface area (Å²) in [4.78, 5) is 17.8. The average molecular weight is 399 g/mol. The highest BCUT2D eigenvalue weighted by atomic mass is 32.1. The molecule has 3 aromatic heterocycles. The standard InChI is InChI=1S/C21H26N4O2S/c1-4-5-15-14-11-27-21(2,3)10-13(14)16-17-18(28-20(16)24-15)19(23-12-22-17)25-6-8-26-9-7-25/h12H,4-11H2,1-3H3. The van der Waals surface area contributed by atoms with Crippen molar-refractivity contribution in [2.45, 2.75) is 52.2 Å². The third-order valence-electron chi connectivity index (χ3n) is 5.69. The van der Waals surface area contributed by atoms with Crippen LogP contribution >= 0.6 is 11.3 Å². The summed E-state index contributed by atoms with van der Waals surface area (Å²) in [6, 6.07) is 0. The SMILES string of the molecule is CCCc1nc2sc3c(N4CCOCC4)ncnc3c2c2c1COC(C)(C)C2. The van der Waals surface area contributed by atoms with Crippen molar-refractivity contribution < 1.29 is 9.47 Å². The molecule has 0 aromatic carbocycles. The maximum atomic E-state index is 6.14. The molecule has 2 aliphatic heterocycles. The normalized spacial score (nSPS) is 19.3. The Kier molecular flexibility index (Phi) is 4.49. The fourth-order valence-electron chi connectivity index (χ4n) is 4.31. The molecule has 1 fully saturated rings. The minimum absolute atomic E-state index is 0.168. The predicted molar refractivity (Wildman–Crippen MR) is 112 cm³/mol. The number of anilines is 1. The highest BCUT2D eigenvalue weighted by molar-refractivity contribution is 7.26. The minimum Gasteiger partial charge on any atom is -0.378 e. The van der Waals surface area contributed by atoms with Gasteiger partial charge in [-0.25, -0.2) is 15.0 Å². The van der Waals surface area contributed by atoms with Crippen LogP contribution in [-0.2, 0) is 28.9 Å². The van der Waals surface area contributed by atoms with Gasteiger partial charge >= 0.3 is 0 Å². The number of rotatable bonds is 3. The van der Waals surface area contributed by atoms with Crippen molar-refractivity contribution >= 4 is 37.6 Å². The summed E-state index contributed by atoms with van der Waals surface area (Å²) in [6.07, 6.45) is 4.66. The van der Waals surface area contributed by atoms with Gasteiger partial charge in [0.15, 0.2) is 0 Å². The molecule has 0 unspecified atom stereocenters. The van der Waals surface area contributed by atoms with Gasteiger partial charge in [-0.05, 0) is 25.8 Å². The van der Waals surface area contributed by atoms with Crippen LogP contribution in [0.15, 0.2) is 6.33 Å². The maximum Gasteiger partial charge on any atom is 0.150 e. The number of thiophene rings is 1. The lowest BCUT2D eigenvalue weighted by molar-refractivity contribution is -0.0401. The Morgan fingerprint density at radius 3 is 2.79 bits per heavy atom. The van der Waals surface area contributed by atoms with Gasteiger partial charge in [0.05, 0.1) is 35.6 Å². The van der Waals surface area contributed by atoms with Crippen molar-refractivity contribution in [3.63, 3.8) is 0 Å².